The molecule has 8 nitrogen and oxygen atoms in total. The van der Waals surface area contributed by atoms with Gasteiger partial charge in [0.15, 0.2) is 6.61 Å². The van der Waals surface area contributed by atoms with E-state index in [0.29, 0.717) is 23.2 Å². The molecule has 2 aliphatic heterocycles. The lowest BCUT2D eigenvalue weighted by molar-refractivity contribution is -0.142. The van der Waals surface area contributed by atoms with Crippen LogP contribution in [0.2, 0.25) is 0 Å². The molecule has 1 unspecified atom stereocenters. The molecule has 0 radical (unpaired) electrons. The summed E-state index contributed by atoms with van der Waals surface area (Å²) in [5.74, 6) is -1.49. The molecule has 1 fully saturated rings. The van der Waals surface area contributed by atoms with E-state index in [1.165, 1.54) is 0 Å². The maximum Gasteiger partial charge on any atom is 0.306 e. The minimum absolute atomic E-state index is 0.0126. The van der Waals surface area contributed by atoms with Crippen molar-refractivity contribution in [1.29, 1.82) is 0 Å². The molecular weight excluding hydrogens is 424 g/mol. The van der Waals surface area contributed by atoms with Gasteiger partial charge in [0.05, 0.1) is 17.2 Å². The second-order valence-corrected chi connectivity index (χ2v) is 8.53. The van der Waals surface area contributed by atoms with Crippen LogP contribution in [0.4, 0.5) is 0 Å². The molecule has 174 valence electrons. The fraction of sp³-hybridized carbons (Fsp3) is 0.440. The first-order valence-electron chi connectivity index (χ1n) is 11.3. The fourth-order valence-electron chi connectivity index (χ4n) is 4.48. The van der Waals surface area contributed by atoms with Crippen molar-refractivity contribution in [3.63, 3.8) is 0 Å². The van der Waals surface area contributed by atoms with Crippen LogP contribution in [0.3, 0.4) is 0 Å². The summed E-state index contributed by atoms with van der Waals surface area (Å²) in [5.41, 5.74) is 3.12. The molecule has 2 aliphatic rings. The first-order chi connectivity index (χ1) is 15.9. The minimum atomic E-state index is -0.534. The Hall–Kier alpha value is -3.26. The Labute approximate surface area is 192 Å². The second kappa shape index (κ2) is 9.70. The summed E-state index contributed by atoms with van der Waals surface area (Å²) in [6.07, 6.45) is 2.52. The number of Topliss-reactive ketones (excluding diaryl/α,β-unsaturated/α-hetero) is 1. The molecule has 1 aromatic heterocycles. The number of fused-ring (bicyclic) bond motifs is 1. The number of ketones is 1. The summed E-state index contributed by atoms with van der Waals surface area (Å²) in [7, 11) is 0. The molecule has 1 aromatic carbocycles. The maximum atomic E-state index is 12.6. The van der Waals surface area contributed by atoms with Crippen molar-refractivity contribution in [3.05, 3.63) is 58.4 Å². The number of aromatic nitrogens is 1. The van der Waals surface area contributed by atoms with Gasteiger partial charge in [0.1, 0.15) is 0 Å². The van der Waals surface area contributed by atoms with Gasteiger partial charge in [-0.15, -0.1) is 0 Å². The van der Waals surface area contributed by atoms with Crippen molar-refractivity contribution in [1.82, 2.24) is 9.47 Å². The maximum absolute atomic E-state index is 12.6. The fourth-order valence-corrected chi connectivity index (χ4v) is 4.48. The van der Waals surface area contributed by atoms with E-state index < -0.39 is 5.97 Å². The Balaban J connectivity index is 1.24. The van der Waals surface area contributed by atoms with Crippen LogP contribution in [0, 0.1) is 13.8 Å². The van der Waals surface area contributed by atoms with E-state index in [2.05, 4.69) is 4.57 Å². The van der Waals surface area contributed by atoms with Crippen molar-refractivity contribution >= 4 is 23.6 Å². The molecule has 3 heterocycles. The molecule has 33 heavy (non-hydrogen) atoms. The van der Waals surface area contributed by atoms with Gasteiger partial charge >= 0.3 is 5.97 Å². The van der Waals surface area contributed by atoms with Crippen LogP contribution in [-0.4, -0.2) is 58.9 Å². The van der Waals surface area contributed by atoms with Crippen LogP contribution >= 0.6 is 0 Å². The summed E-state index contributed by atoms with van der Waals surface area (Å²) in [6.45, 7) is 5.11. The van der Waals surface area contributed by atoms with Crippen molar-refractivity contribution in [2.45, 2.75) is 52.2 Å². The van der Waals surface area contributed by atoms with Crippen LogP contribution in [0.1, 0.15) is 68.1 Å². The number of hydrogen-bond acceptors (Lipinski definition) is 6. The Morgan fingerprint density at radius 2 is 1.82 bits per heavy atom. The largest absolute Gasteiger partial charge is 0.457 e. The number of aryl methyl sites for hydroxylation is 1. The quantitative estimate of drug-likeness (QED) is 0.330. The molecule has 2 aromatic rings. The third kappa shape index (κ3) is 4.75. The lowest BCUT2D eigenvalue weighted by atomic mass is 10.1. The van der Waals surface area contributed by atoms with E-state index >= 15 is 0 Å². The predicted octanol–water partition coefficient (Wildman–Crippen LogP) is 3.09. The molecule has 2 amide bonds. The molecule has 4 rings (SSSR count). The van der Waals surface area contributed by atoms with Crippen LogP contribution in [0.5, 0.6) is 0 Å². The van der Waals surface area contributed by atoms with Crippen LogP contribution in [0.15, 0.2) is 30.3 Å². The van der Waals surface area contributed by atoms with Gasteiger partial charge in [0, 0.05) is 43.1 Å². The Kier molecular flexibility index (Phi) is 6.74. The van der Waals surface area contributed by atoms with Gasteiger partial charge in [-0.3, -0.25) is 24.1 Å². The summed E-state index contributed by atoms with van der Waals surface area (Å²) in [5, 5.41) is 0. The average Bonchev–Trinajstić information content (AvgIpc) is 3.49. The number of carbonyl (C=O) groups excluding carboxylic acids is 4. The molecular formula is C25H28N2O6. The van der Waals surface area contributed by atoms with Crippen LogP contribution < -0.4 is 0 Å². The normalized spacial score (nSPS) is 17.5. The van der Waals surface area contributed by atoms with Gasteiger partial charge in [0.2, 0.25) is 5.78 Å². The highest BCUT2D eigenvalue weighted by molar-refractivity contribution is 6.21. The van der Waals surface area contributed by atoms with Crippen molar-refractivity contribution < 1.29 is 28.7 Å². The number of rotatable bonds is 9. The molecule has 0 saturated carbocycles. The standard InChI is InChI=1S/C25H28N2O6/c1-16-13-21(17(2)27(16)14-18-7-6-12-32-18)22(28)15-33-23(29)10-5-11-26-24(30)19-8-3-4-9-20(19)25(26)31/h3-4,8-9,13,18H,5-7,10-12,14-15H2,1-2H3. The van der Waals surface area contributed by atoms with E-state index in [4.69, 9.17) is 9.47 Å². The smallest absolute Gasteiger partial charge is 0.306 e. The Bertz CT molecular complexity index is 1060. The molecule has 8 heteroatoms. The topological polar surface area (TPSA) is 94.9 Å². The summed E-state index contributed by atoms with van der Waals surface area (Å²) < 4.78 is 12.9. The Morgan fingerprint density at radius 1 is 1.12 bits per heavy atom. The number of amides is 2. The first kappa shape index (κ1) is 22.9. The van der Waals surface area contributed by atoms with Crippen molar-refractivity contribution in [3.8, 4) is 0 Å². The number of carbonyl (C=O) groups is 4. The van der Waals surface area contributed by atoms with Gasteiger partial charge in [-0.25, -0.2) is 0 Å². The zero-order chi connectivity index (χ0) is 23.5. The monoisotopic (exact) mass is 452 g/mol. The number of hydrogen-bond donors (Lipinski definition) is 0. The Morgan fingerprint density at radius 3 is 2.45 bits per heavy atom. The zero-order valence-corrected chi connectivity index (χ0v) is 19.0. The number of nitrogens with zero attached hydrogens (tertiary/aromatic N) is 2. The van der Waals surface area contributed by atoms with Crippen LogP contribution in [0.25, 0.3) is 0 Å². The van der Waals surface area contributed by atoms with Gasteiger partial charge in [-0.1, -0.05) is 12.1 Å². The van der Waals surface area contributed by atoms with Gasteiger partial charge < -0.3 is 14.0 Å². The predicted molar refractivity (Wildman–Crippen MR) is 119 cm³/mol. The number of benzene rings is 1. The molecule has 1 atom stereocenters. The highest BCUT2D eigenvalue weighted by atomic mass is 16.5. The molecule has 0 spiro atoms. The summed E-state index contributed by atoms with van der Waals surface area (Å²) in [6, 6.07) is 8.48. The van der Waals surface area contributed by atoms with E-state index in [9.17, 15) is 19.2 Å². The molecule has 1 saturated heterocycles. The number of imide groups is 1. The van der Waals surface area contributed by atoms with Gasteiger partial charge in [0.25, 0.3) is 11.8 Å². The van der Waals surface area contributed by atoms with Crippen molar-refractivity contribution in [2.24, 2.45) is 0 Å². The lowest BCUT2D eigenvalue weighted by Crippen LogP contribution is -2.31. The zero-order valence-electron chi connectivity index (χ0n) is 19.0. The molecule has 0 aliphatic carbocycles. The van der Waals surface area contributed by atoms with Gasteiger partial charge in [-0.05, 0) is 51.3 Å². The average molecular weight is 453 g/mol. The van der Waals surface area contributed by atoms with Crippen LogP contribution in [-0.2, 0) is 20.8 Å². The number of esters is 1. The third-order valence-corrected chi connectivity index (χ3v) is 6.29. The van der Waals surface area contributed by atoms with Crippen molar-refractivity contribution in [2.75, 3.05) is 19.8 Å². The van der Waals surface area contributed by atoms with Gasteiger partial charge in [-0.2, -0.15) is 0 Å². The summed E-state index contributed by atoms with van der Waals surface area (Å²) in [4.78, 5) is 50.6. The molecule has 0 N–H and O–H groups in total. The minimum Gasteiger partial charge on any atom is -0.457 e. The lowest BCUT2D eigenvalue weighted by Gasteiger charge is -2.15. The molecule has 0 bridgehead atoms. The summed E-state index contributed by atoms with van der Waals surface area (Å²) >= 11 is 0. The number of ether oxygens (including phenoxy) is 2. The third-order valence-electron chi connectivity index (χ3n) is 6.29. The van der Waals surface area contributed by atoms with E-state index in [1.54, 1.807) is 24.3 Å². The van der Waals surface area contributed by atoms with E-state index in [1.807, 2.05) is 19.9 Å². The highest BCUT2D eigenvalue weighted by Gasteiger charge is 2.34. The first-order valence-corrected chi connectivity index (χ1v) is 11.3. The second-order valence-electron chi connectivity index (χ2n) is 8.53. The highest BCUT2D eigenvalue weighted by Crippen LogP contribution is 2.23. The van der Waals surface area contributed by atoms with E-state index in [-0.39, 0.29) is 49.7 Å². The van der Waals surface area contributed by atoms with E-state index in [0.717, 1.165) is 35.7 Å². The SMILES string of the molecule is Cc1cc(C(=O)COC(=O)CCCN2C(=O)c3ccccc3C2=O)c(C)n1CC1CCCO1.